The molecule has 3 rings (SSSR count). The molecule has 176 valence electrons. The van der Waals surface area contributed by atoms with Crippen molar-refractivity contribution in [2.45, 2.75) is 57.9 Å². The van der Waals surface area contributed by atoms with E-state index >= 15 is 0 Å². The minimum atomic E-state index is -3.56. The van der Waals surface area contributed by atoms with Gasteiger partial charge in [-0.2, -0.15) is 0 Å². The zero-order valence-electron chi connectivity index (χ0n) is 18.5. The maximum Gasteiger partial charge on any atom is 0.229 e. The molecule has 1 aromatic rings. The fourth-order valence-electron chi connectivity index (χ4n) is 3.66. The van der Waals surface area contributed by atoms with Gasteiger partial charge in [0.15, 0.2) is 11.6 Å². The molecule has 2 aliphatic rings. The van der Waals surface area contributed by atoms with Gasteiger partial charge in [-0.25, -0.2) is 17.5 Å². The van der Waals surface area contributed by atoms with Crippen LogP contribution < -0.4 is 14.8 Å². The van der Waals surface area contributed by atoms with Gasteiger partial charge in [-0.1, -0.05) is 32.1 Å². The average molecular weight is 467 g/mol. The van der Waals surface area contributed by atoms with E-state index in [9.17, 15) is 22.4 Å². The topological polar surface area (TPSA) is 102 Å². The largest absolute Gasteiger partial charge is 0.490 e. The number of allylic oxidation sites excluding steroid dienone is 2. The van der Waals surface area contributed by atoms with E-state index in [1.54, 1.807) is 24.3 Å². The normalized spacial score (nSPS) is 20.6. The number of benzene rings is 1. The highest BCUT2D eigenvalue weighted by atomic mass is 32.2. The number of piperidine rings is 1. The minimum absolute atomic E-state index is 0.0848. The third kappa shape index (κ3) is 6.62. The van der Waals surface area contributed by atoms with E-state index in [4.69, 9.17) is 4.74 Å². The van der Waals surface area contributed by atoms with Crippen molar-refractivity contribution in [3.63, 3.8) is 0 Å². The van der Waals surface area contributed by atoms with Crippen molar-refractivity contribution < 1.29 is 27.1 Å². The molecule has 1 atom stereocenters. The molecule has 2 amide bonds. The number of ether oxygens (including phenoxy) is 1. The second kappa shape index (κ2) is 10.1. The van der Waals surface area contributed by atoms with Crippen LogP contribution in [-0.2, 0) is 25.2 Å². The highest BCUT2D eigenvalue weighted by Gasteiger charge is 2.47. The quantitative estimate of drug-likeness (QED) is 0.385. The van der Waals surface area contributed by atoms with Gasteiger partial charge < -0.3 is 4.74 Å². The Bertz CT molecular complexity index is 986. The third-order valence-electron chi connectivity index (χ3n) is 5.65. The van der Waals surface area contributed by atoms with Gasteiger partial charge in [-0.05, 0) is 55.7 Å². The van der Waals surface area contributed by atoms with Crippen LogP contribution in [0.3, 0.4) is 0 Å². The number of sulfonamides is 1. The lowest BCUT2D eigenvalue weighted by molar-refractivity contribution is -0.136. The van der Waals surface area contributed by atoms with Crippen LogP contribution in [0.1, 0.15) is 57.9 Å². The summed E-state index contributed by atoms with van der Waals surface area (Å²) in [7, 11) is -3.56. The number of hydrogen-bond acceptors (Lipinski definition) is 5. The molecule has 2 N–H and O–H groups in total. The van der Waals surface area contributed by atoms with E-state index < -0.39 is 21.4 Å². The number of amides is 2. The molecule has 1 heterocycles. The first-order chi connectivity index (χ1) is 15.1. The summed E-state index contributed by atoms with van der Waals surface area (Å²) in [6.45, 7) is 4.32. The van der Waals surface area contributed by atoms with Crippen molar-refractivity contribution in [1.29, 1.82) is 0 Å². The van der Waals surface area contributed by atoms with E-state index in [0.717, 1.165) is 0 Å². The molecule has 0 bridgehead atoms. The number of carbonyl (C=O) groups excluding carboxylic acids is 2. The lowest BCUT2D eigenvalue weighted by Crippen LogP contribution is -2.40. The van der Waals surface area contributed by atoms with Crippen LogP contribution in [0.5, 0.6) is 5.75 Å². The van der Waals surface area contributed by atoms with E-state index in [1.165, 1.54) is 6.07 Å². The summed E-state index contributed by atoms with van der Waals surface area (Å²) < 4.78 is 47.6. The average Bonchev–Trinajstić information content (AvgIpc) is 3.48. The van der Waals surface area contributed by atoms with Gasteiger partial charge in [0.05, 0.1) is 17.9 Å². The van der Waals surface area contributed by atoms with E-state index in [0.29, 0.717) is 50.7 Å². The summed E-state index contributed by atoms with van der Waals surface area (Å²) in [6, 6.07) is 4.51. The molecule has 1 aliphatic heterocycles. The Balaban J connectivity index is 1.53. The standard InChI is InChI=1S/C23H31FN2O5S/c1-16(2)15-31-20-14-18(8-9-19(20)24)23(11-12-23)26-32(29,30)13-5-3-4-6-17-7-10-21(27)25-22(17)28/h3-4,8-9,14,16-17,26H,5-7,10-13,15H2,1-2H3,(H,25,27,28)/b4-3+. The number of hydrogen-bond donors (Lipinski definition) is 2. The fraction of sp³-hybridized carbons (Fsp3) is 0.565. The molecular weight excluding hydrogens is 435 g/mol. The SMILES string of the molecule is CC(C)COc1cc(C2(NS(=O)(=O)CC/C=C/CC3CCC(=O)NC3=O)CC2)ccc1F. The van der Waals surface area contributed by atoms with Crippen LogP contribution in [0.15, 0.2) is 30.4 Å². The van der Waals surface area contributed by atoms with Crippen molar-refractivity contribution in [2.24, 2.45) is 11.8 Å². The van der Waals surface area contributed by atoms with Gasteiger partial charge in [0.2, 0.25) is 21.8 Å². The monoisotopic (exact) mass is 466 g/mol. The van der Waals surface area contributed by atoms with Crippen LogP contribution in [0.25, 0.3) is 0 Å². The molecule has 1 aromatic carbocycles. The van der Waals surface area contributed by atoms with Crippen molar-refractivity contribution in [2.75, 3.05) is 12.4 Å². The second-order valence-electron chi connectivity index (χ2n) is 9.00. The van der Waals surface area contributed by atoms with E-state index in [-0.39, 0.29) is 35.2 Å². The molecule has 0 aromatic heterocycles. The zero-order chi connectivity index (χ0) is 23.4. The predicted octanol–water partition coefficient (Wildman–Crippen LogP) is 3.16. The lowest BCUT2D eigenvalue weighted by Gasteiger charge is -2.20. The summed E-state index contributed by atoms with van der Waals surface area (Å²) in [4.78, 5) is 22.9. The first kappa shape index (κ1) is 24.4. The Morgan fingerprint density at radius 1 is 1.28 bits per heavy atom. The van der Waals surface area contributed by atoms with Crippen LogP contribution in [0.4, 0.5) is 4.39 Å². The van der Waals surface area contributed by atoms with Gasteiger partial charge >= 0.3 is 0 Å². The number of halogens is 1. The molecule has 1 aliphatic carbocycles. The molecule has 1 saturated carbocycles. The Morgan fingerprint density at radius 2 is 2.03 bits per heavy atom. The van der Waals surface area contributed by atoms with Crippen LogP contribution in [0.2, 0.25) is 0 Å². The smallest absolute Gasteiger partial charge is 0.229 e. The first-order valence-corrected chi connectivity index (χ1v) is 12.7. The van der Waals surface area contributed by atoms with Gasteiger partial charge in [0.25, 0.3) is 0 Å². The summed E-state index contributed by atoms with van der Waals surface area (Å²) in [5.74, 6) is -0.938. The second-order valence-corrected chi connectivity index (χ2v) is 10.8. The van der Waals surface area contributed by atoms with Crippen molar-refractivity contribution >= 4 is 21.8 Å². The Morgan fingerprint density at radius 3 is 2.69 bits per heavy atom. The molecular formula is C23H31FN2O5S. The summed E-state index contributed by atoms with van der Waals surface area (Å²) >= 11 is 0. The van der Waals surface area contributed by atoms with E-state index in [1.807, 2.05) is 13.8 Å². The van der Waals surface area contributed by atoms with Crippen LogP contribution in [0, 0.1) is 17.7 Å². The van der Waals surface area contributed by atoms with Crippen molar-refractivity contribution in [3.8, 4) is 5.75 Å². The van der Waals surface area contributed by atoms with Gasteiger partial charge in [-0.3, -0.25) is 14.9 Å². The van der Waals surface area contributed by atoms with Crippen molar-refractivity contribution in [3.05, 3.63) is 41.7 Å². The molecule has 2 fully saturated rings. The van der Waals surface area contributed by atoms with Crippen LogP contribution >= 0.6 is 0 Å². The fourth-order valence-corrected chi connectivity index (χ4v) is 5.12. The number of nitrogens with one attached hydrogen (secondary N) is 2. The van der Waals surface area contributed by atoms with E-state index in [2.05, 4.69) is 10.0 Å². The maximum atomic E-state index is 14.1. The third-order valence-corrected chi connectivity index (χ3v) is 7.13. The molecule has 0 spiro atoms. The predicted molar refractivity (Wildman–Crippen MR) is 119 cm³/mol. The maximum absolute atomic E-state index is 14.1. The molecule has 7 nitrogen and oxygen atoms in total. The molecule has 0 radical (unpaired) electrons. The Labute approximate surface area is 188 Å². The molecule has 1 saturated heterocycles. The van der Waals surface area contributed by atoms with Gasteiger partial charge in [-0.15, -0.1) is 0 Å². The molecule has 9 heteroatoms. The summed E-state index contributed by atoms with van der Waals surface area (Å²) in [6.07, 6.45) is 6.46. The zero-order valence-corrected chi connectivity index (χ0v) is 19.3. The number of imide groups is 1. The summed E-state index contributed by atoms with van der Waals surface area (Å²) in [5, 5.41) is 2.31. The minimum Gasteiger partial charge on any atom is -0.490 e. The van der Waals surface area contributed by atoms with Crippen LogP contribution in [-0.4, -0.2) is 32.6 Å². The van der Waals surface area contributed by atoms with Crippen molar-refractivity contribution in [1.82, 2.24) is 10.0 Å². The lowest BCUT2D eigenvalue weighted by atomic mass is 9.95. The Hall–Kier alpha value is -2.26. The Kier molecular flexibility index (Phi) is 7.71. The molecule has 32 heavy (non-hydrogen) atoms. The highest BCUT2D eigenvalue weighted by molar-refractivity contribution is 7.89. The van der Waals surface area contributed by atoms with Gasteiger partial charge in [0, 0.05) is 12.3 Å². The van der Waals surface area contributed by atoms with Gasteiger partial charge in [0.1, 0.15) is 0 Å². The number of rotatable bonds is 11. The summed E-state index contributed by atoms with van der Waals surface area (Å²) in [5.41, 5.74) is -0.00605. The highest BCUT2D eigenvalue weighted by Crippen LogP contribution is 2.47. The number of carbonyl (C=O) groups is 2. The first-order valence-electron chi connectivity index (χ1n) is 11.0. The molecule has 1 unspecified atom stereocenters.